The molecule has 1 fully saturated rings. The fourth-order valence-corrected chi connectivity index (χ4v) is 1.20. The van der Waals surface area contributed by atoms with Crippen molar-refractivity contribution >= 4 is 0 Å². The van der Waals surface area contributed by atoms with Gasteiger partial charge in [-0.1, -0.05) is 6.92 Å². The van der Waals surface area contributed by atoms with Crippen LogP contribution in [0.25, 0.3) is 0 Å². The molecule has 4 N–H and O–H groups in total. The third-order valence-corrected chi connectivity index (χ3v) is 2.19. The molecule has 4 atom stereocenters. The molecule has 0 amide bonds. The fourth-order valence-electron chi connectivity index (χ4n) is 1.20. The van der Waals surface area contributed by atoms with Gasteiger partial charge in [0, 0.05) is 6.42 Å². The summed E-state index contributed by atoms with van der Waals surface area (Å²) < 4.78 is 4.81. The summed E-state index contributed by atoms with van der Waals surface area (Å²) in [4.78, 5) is 0. The molecule has 1 saturated heterocycles. The molecule has 12 heavy (non-hydrogen) atoms. The Labute approximate surface area is 70.2 Å². The standard InChI is InChI=1S/C7H14O5/c1-2-7(11)6(10)5(9)4(8)3-12-7/h4-6,8-11H,2-3H2,1H3/t4-,5-,6-,7+/m1/s1. The summed E-state index contributed by atoms with van der Waals surface area (Å²) in [6, 6.07) is 0. The summed E-state index contributed by atoms with van der Waals surface area (Å²) in [5, 5.41) is 37.0. The van der Waals surface area contributed by atoms with Gasteiger partial charge >= 0.3 is 0 Å². The van der Waals surface area contributed by atoms with Crippen LogP contribution in [0.1, 0.15) is 13.3 Å². The molecule has 5 nitrogen and oxygen atoms in total. The van der Waals surface area contributed by atoms with Crippen molar-refractivity contribution in [3.8, 4) is 0 Å². The van der Waals surface area contributed by atoms with Crippen LogP contribution >= 0.6 is 0 Å². The van der Waals surface area contributed by atoms with E-state index in [1.807, 2.05) is 0 Å². The van der Waals surface area contributed by atoms with E-state index in [1.165, 1.54) is 0 Å². The van der Waals surface area contributed by atoms with Crippen molar-refractivity contribution in [2.75, 3.05) is 6.61 Å². The van der Waals surface area contributed by atoms with Crippen LogP contribution < -0.4 is 0 Å². The molecule has 0 aromatic rings. The van der Waals surface area contributed by atoms with Crippen LogP contribution in [0, 0.1) is 0 Å². The predicted octanol–water partition coefficient (Wildman–Crippen LogP) is -1.80. The average molecular weight is 178 g/mol. The molecule has 1 aliphatic heterocycles. The predicted molar refractivity (Wildman–Crippen MR) is 39.2 cm³/mol. The van der Waals surface area contributed by atoms with Crippen molar-refractivity contribution in [3.63, 3.8) is 0 Å². The zero-order valence-electron chi connectivity index (χ0n) is 6.84. The molecule has 1 heterocycles. The Kier molecular flexibility index (Phi) is 2.70. The quantitative estimate of drug-likeness (QED) is 0.380. The molecule has 5 heteroatoms. The number of rotatable bonds is 1. The Balaban J connectivity index is 2.71. The maximum Gasteiger partial charge on any atom is 0.194 e. The van der Waals surface area contributed by atoms with E-state index in [0.29, 0.717) is 0 Å². The zero-order chi connectivity index (χ0) is 9.35. The fraction of sp³-hybridized carbons (Fsp3) is 1.00. The second-order valence-electron chi connectivity index (χ2n) is 3.01. The molecule has 1 rings (SSSR count). The van der Waals surface area contributed by atoms with E-state index in [4.69, 9.17) is 9.84 Å². The van der Waals surface area contributed by atoms with Crippen molar-refractivity contribution in [1.29, 1.82) is 0 Å². The van der Waals surface area contributed by atoms with Crippen LogP contribution in [-0.4, -0.2) is 51.1 Å². The first-order valence-corrected chi connectivity index (χ1v) is 3.92. The highest BCUT2D eigenvalue weighted by Crippen LogP contribution is 2.26. The number of aliphatic hydroxyl groups excluding tert-OH is 3. The monoisotopic (exact) mass is 178 g/mol. The van der Waals surface area contributed by atoms with Crippen LogP contribution in [0.3, 0.4) is 0 Å². The molecule has 0 aromatic carbocycles. The van der Waals surface area contributed by atoms with Gasteiger partial charge in [0.2, 0.25) is 0 Å². The van der Waals surface area contributed by atoms with Crippen molar-refractivity contribution in [1.82, 2.24) is 0 Å². The van der Waals surface area contributed by atoms with E-state index >= 15 is 0 Å². The highest BCUT2D eigenvalue weighted by Gasteiger charge is 2.46. The highest BCUT2D eigenvalue weighted by atomic mass is 16.6. The lowest BCUT2D eigenvalue weighted by Gasteiger charge is -2.41. The summed E-state index contributed by atoms with van der Waals surface area (Å²) in [6.45, 7) is 1.45. The first kappa shape index (κ1) is 9.88. The number of hydrogen-bond acceptors (Lipinski definition) is 5. The molecule has 0 aliphatic carbocycles. The summed E-state index contributed by atoms with van der Waals surface area (Å²) >= 11 is 0. The van der Waals surface area contributed by atoms with Crippen molar-refractivity contribution in [2.24, 2.45) is 0 Å². The molecule has 1 aliphatic rings. The van der Waals surface area contributed by atoms with E-state index in [0.717, 1.165) is 0 Å². The van der Waals surface area contributed by atoms with Crippen molar-refractivity contribution < 1.29 is 25.2 Å². The zero-order valence-corrected chi connectivity index (χ0v) is 6.84. The lowest BCUT2D eigenvalue weighted by Crippen LogP contribution is -2.60. The molecule has 0 bridgehead atoms. The van der Waals surface area contributed by atoms with Crippen molar-refractivity contribution in [3.05, 3.63) is 0 Å². The van der Waals surface area contributed by atoms with Crippen LogP contribution in [0.15, 0.2) is 0 Å². The van der Waals surface area contributed by atoms with Crippen LogP contribution in [0.5, 0.6) is 0 Å². The van der Waals surface area contributed by atoms with Gasteiger partial charge in [0.25, 0.3) is 0 Å². The minimum Gasteiger partial charge on any atom is -0.388 e. The second kappa shape index (κ2) is 3.27. The van der Waals surface area contributed by atoms with Gasteiger partial charge < -0.3 is 25.2 Å². The third-order valence-electron chi connectivity index (χ3n) is 2.19. The SMILES string of the molecule is CC[C@]1(O)OC[C@@H](O)[C@@H](O)[C@H]1O. The summed E-state index contributed by atoms with van der Waals surface area (Å²) in [5.74, 6) is -1.72. The van der Waals surface area contributed by atoms with Gasteiger partial charge in [0.15, 0.2) is 5.79 Å². The van der Waals surface area contributed by atoms with Crippen LogP contribution in [-0.2, 0) is 4.74 Å². The lowest BCUT2D eigenvalue weighted by molar-refractivity contribution is -0.321. The minimum atomic E-state index is -1.72. The van der Waals surface area contributed by atoms with Gasteiger partial charge in [-0.15, -0.1) is 0 Å². The number of hydrogen-bond donors (Lipinski definition) is 4. The highest BCUT2D eigenvalue weighted by molar-refractivity contribution is 4.90. The number of aliphatic hydroxyl groups is 4. The van der Waals surface area contributed by atoms with Gasteiger partial charge in [-0.3, -0.25) is 0 Å². The Bertz CT molecular complexity index is 162. The normalized spacial score (nSPS) is 49.2. The molecule has 0 aromatic heterocycles. The van der Waals surface area contributed by atoms with E-state index in [9.17, 15) is 15.3 Å². The smallest absolute Gasteiger partial charge is 0.194 e. The van der Waals surface area contributed by atoms with E-state index < -0.39 is 24.1 Å². The first-order chi connectivity index (χ1) is 5.51. The van der Waals surface area contributed by atoms with Gasteiger partial charge in [0.05, 0.1) is 6.61 Å². The Morgan fingerprint density at radius 3 is 2.50 bits per heavy atom. The third kappa shape index (κ3) is 1.46. The van der Waals surface area contributed by atoms with E-state index in [1.54, 1.807) is 6.92 Å². The molecule has 0 radical (unpaired) electrons. The topological polar surface area (TPSA) is 90.2 Å². The largest absolute Gasteiger partial charge is 0.388 e. The molecular formula is C7H14O5. The van der Waals surface area contributed by atoms with E-state index in [-0.39, 0.29) is 13.0 Å². The lowest BCUT2D eigenvalue weighted by atomic mass is 9.95. The Morgan fingerprint density at radius 1 is 1.42 bits per heavy atom. The van der Waals surface area contributed by atoms with Crippen LogP contribution in [0.4, 0.5) is 0 Å². The molecule has 72 valence electrons. The summed E-state index contributed by atoms with van der Waals surface area (Å²) in [5.41, 5.74) is 0. The van der Waals surface area contributed by atoms with Gasteiger partial charge in [0.1, 0.15) is 18.3 Å². The van der Waals surface area contributed by atoms with E-state index in [2.05, 4.69) is 0 Å². The first-order valence-electron chi connectivity index (χ1n) is 3.92. The Morgan fingerprint density at radius 2 is 2.00 bits per heavy atom. The summed E-state index contributed by atoms with van der Waals surface area (Å²) in [6.07, 6.45) is -3.76. The second-order valence-corrected chi connectivity index (χ2v) is 3.01. The average Bonchev–Trinajstić information content (AvgIpc) is 2.09. The van der Waals surface area contributed by atoms with Crippen LogP contribution in [0.2, 0.25) is 0 Å². The molecule has 0 saturated carbocycles. The van der Waals surface area contributed by atoms with Crippen molar-refractivity contribution in [2.45, 2.75) is 37.4 Å². The molecule has 0 unspecified atom stereocenters. The molecule has 0 spiro atoms. The summed E-state index contributed by atoms with van der Waals surface area (Å²) in [7, 11) is 0. The maximum atomic E-state index is 9.49. The van der Waals surface area contributed by atoms with Gasteiger partial charge in [-0.2, -0.15) is 0 Å². The Hall–Kier alpha value is -0.200. The maximum absolute atomic E-state index is 9.49. The number of ether oxygens (including phenoxy) is 1. The molecular weight excluding hydrogens is 164 g/mol. The minimum absolute atomic E-state index is 0.164. The van der Waals surface area contributed by atoms with Gasteiger partial charge in [-0.05, 0) is 0 Å². The van der Waals surface area contributed by atoms with Gasteiger partial charge in [-0.25, -0.2) is 0 Å².